The molecule has 3 rings (SSSR count). The lowest BCUT2D eigenvalue weighted by Gasteiger charge is -2.32. The molecule has 0 bridgehead atoms. The van der Waals surface area contributed by atoms with E-state index in [0.29, 0.717) is 6.42 Å². The van der Waals surface area contributed by atoms with E-state index in [9.17, 15) is 23.1 Å². The predicted molar refractivity (Wildman–Crippen MR) is 86.6 cm³/mol. The van der Waals surface area contributed by atoms with Crippen LogP contribution >= 0.6 is 11.3 Å². The van der Waals surface area contributed by atoms with Crippen LogP contribution in [0.4, 0.5) is 13.2 Å². The van der Waals surface area contributed by atoms with Crippen molar-refractivity contribution < 1.29 is 27.8 Å². The normalized spacial score (nSPS) is 20.0. The van der Waals surface area contributed by atoms with Gasteiger partial charge in [0.05, 0.1) is 6.54 Å². The van der Waals surface area contributed by atoms with Gasteiger partial charge in [0.1, 0.15) is 11.4 Å². The number of ether oxygens (including phenoxy) is 1. The third kappa shape index (κ3) is 4.13. The fraction of sp³-hybridized carbons (Fsp3) is 0.353. The molecule has 0 fully saturated rings. The van der Waals surface area contributed by atoms with Crippen molar-refractivity contribution in [3.05, 3.63) is 51.7 Å². The van der Waals surface area contributed by atoms with E-state index in [-0.39, 0.29) is 12.1 Å². The fourth-order valence-corrected chi connectivity index (χ4v) is 3.96. The number of hydrogen-bond donors (Lipinski definition) is 2. The molecular weight excluding hydrogens is 355 g/mol. The first-order valence-electron chi connectivity index (χ1n) is 7.70. The Kier molecular flexibility index (Phi) is 4.75. The predicted octanol–water partition coefficient (Wildman–Crippen LogP) is 3.60. The van der Waals surface area contributed by atoms with E-state index >= 15 is 0 Å². The van der Waals surface area contributed by atoms with Crippen molar-refractivity contribution in [1.29, 1.82) is 0 Å². The van der Waals surface area contributed by atoms with Crippen LogP contribution in [0.5, 0.6) is 5.75 Å². The molecule has 134 valence electrons. The van der Waals surface area contributed by atoms with Gasteiger partial charge in [0.25, 0.3) is 5.91 Å². The number of thiophene rings is 1. The summed E-state index contributed by atoms with van der Waals surface area (Å²) in [4.78, 5) is 13.3. The van der Waals surface area contributed by atoms with E-state index in [1.54, 1.807) is 11.3 Å². The standard InChI is InChI=1S/C17H16F3NO3S/c18-17(19,20)24-12-5-3-11(4-6-12)15(22)21-10-16(23)8-1-2-14-13(16)7-9-25-14/h3-7,9,23H,1-2,8,10H2,(H,21,22). The van der Waals surface area contributed by atoms with Gasteiger partial charge in [-0.25, -0.2) is 0 Å². The quantitative estimate of drug-likeness (QED) is 0.863. The summed E-state index contributed by atoms with van der Waals surface area (Å²) in [5.41, 5.74) is -0.0692. The third-order valence-corrected chi connectivity index (χ3v) is 5.11. The van der Waals surface area contributed by atoms with Gasteiger partial charge < -0.3 is 15.2 Å². The van der Waals surface area contributed by atoms with E-state index in [1.807, 2.05) is 11.4 Å². The first kappa shape index (κ1) is 17.8. The second-order valence-corrected chi connectivity index (χ2v) is 6.90. The van der Waals surface area contributed by atoms with Gasteiger partial charge >= 0.3 is 6.36 Å². The van der Waals surface area contributed by atoms with Gasteiger partial charge in [-0.15, -0.1) is 24.5 Å². The number of nitrogens with one attached hydrogen (secondary N) is 1. The van der Waals surface area contributed by atoms with E-state index in [1.165, 1.54) is 12.1 Å². The molecule has 2 N–H and O–H groups in total. The highest BCUT2D eigenvalue weighted by atomic mass is 32.1. The molecule has 1 heterocycles. The van der Waals surface area contributed by atoms with Gasteiger partial charge in [0.2, 0.25) is 0 Å². The molecule has 1 atom stereocenters. The molecule has 1 aliphatic rings. The Hall–Kier alpha value is -2.06. The molecule has 0 aliphatic heterocycles. The Morgan fingerprint density at radius 1 is 1.28 bits per heavy atom. The van der Waals surface area contributed by atoms with E-state index < -0.39 is 23.6 Å². The van der Waals surface area contributed by atoms with E-state index in [4.69, 9.17) is 0 Å². The Labute approximate surface area is 146 Å². The minimum absolute atomic E-state index is 0.0520. The maximum atomic E-state index is 12.2. The van der Waals surface area contributed by atoms with Crippen LogP contribution in [0.15, 0.2) is 35.7 Å². The van der Waals surface area contributed by atoms with Crippen LogP contribution in [0, 0.1) is 0 Å². The third-order valence-electron chi connectivity index (χ3n) is 4.13. The first-order valence-corrected chi connectivity index (χ1v) is 8.58. The molecule has 4 nitrogen and oxygen atoms in total. The van der Waals surface area contributed by atoms with Crippen molar-refractivity contribution in [2.75, 3.05) is 6.54 Å². The van der Waals surface area contributed by atoms with Gasteiger partial charge in [-0.1, -0.05) is 0 Å². The lowest BCUT2D eigenvalue weighted by Crippen LogP contribution is -2.42. The molecule has 0 saturated heterocycles. The molecule has 1 aromatic carbocycles. The van der Waals surface area contributed by atoms with Crippen LogP contribution < -0.4 is 10.1 Å². The Bertz CT molecular complexity index is 757. The molecule has 2 aromatic rings. The van der Waals surface area contributed by atoms with Crippen LogP contribution in [0.2, 0.25) is 0 Å². The molecule has 25 heavy (non-hydrogen) atoms. The van der Waals surface area contributed by atoms with Gasteiger partial charge in [0, 0.05) is 10.4 Å². The highest BCUT2D eigenvalue weighted by molar-refractivity contribution is 7.10. The summed E-state index contributed by atoms with van der Waals surface area (Å²) >= 11 is 1.59. The van der Waals surface area contributed by atoms with Crippen molar-refractivity contribution in [3.63, 3.8) is 0 Å². The zero-order chi connectivity index (χ0) is 18.1. The Morgan fingerprint density at radius 2 is 2.00 bits per heavy atom. The van der Waals surface area contributed by atoms with Crippen molar-refractivity contribution in [2.45, 2.75) is 31.2 Å². The van der Waals surface area contributed by atoms with Crippen LogP contribution in [-0.4, -0.2) is 23.9 Å². The highest BCUT2D eigenvalue weighted by Gasteiger charge is 2.35. The second kappa shape index (κ2) is 6.68. The SMILES string of the molecule is O=C(NCC1(O)CCCc2sccc21)c1ccc(OC(F)(F)F)cc1. The van der Waals surface area contributed by atoms with Crippen LogP contribution in [-0.2, 0) is 12.0 Å². The summed E-state index contributed by atoms with van der Waals surface area (Å²) in [6.45, 7) is 0.0520. The summed E-state index contributed by atoms with van der Waals surface area (Å²) in [7, 11) is 0. The Morgan fingerprint density at radius 3 is 2.68 bits per heavy atom. The van der Waals surface area contributed by atoms with Crippen LogP contribution in [0.3, 0.4) is 0 Å². The molecule has 1 aromatic heterocycles. The monoisotopic (exact) mass is 371 g/mol. The number of aryl methyl sites for hydroxylation is 1. The number of rotatable bonds is 4. The van der Waals surface area contributed by atoms with Gasteiger partial charge in [0.15, 0.2) is 0 Å². The van der Waals surface area contributed by atoms with Crippen molar-refractivity contribution in [3.8, 4) is 5.75 Å². The van der Waals surface area contributed by atoms with Crippen LogP contribution in [0.25, 0.3) is 0 Å². The smallest absolute Gasteiger partial charge is 0.406 e. The molecule has 1 amide bonds. The molecule has 1 unspecified atom stereocenters. The summed E-state index contributed by atoms with van der Waals surface area (Å²) in [6.07, 6.45) is -2.46. The summed E-state index contributed by atoms with van der Waals surface area (Å²) in [6, 6.07) is 6.52. The lowest BCUT2D eigenvalue weighted by atomic mass is 9.83. The number of aliphatic hydroxyl groups is 1. The number of benzene rings is 1. The summed E-state index contributed by atoms with van der Waals surface area (Å²) in [5, 5.41) is 15.4. The van der Waals surface area contributed by atoms with E-state index in [0.717, 1.165) is 35.4 Å². The van der Waals surface area contributed by atoms with Crippen LogP contribution in [0.1, 0.15) is 33.6 Å². The number of amides is 1. The average molecular weight is 371 g/mol. The topological polar surface area (TPSA) is 58.6 Å². The van der Waals surface area contributed by atoms with Crippen molar-refractivity contribution >= 4 is 17.2 Å². The number of carbonyl (C=O) groups is 1. The number of alkyl halides is 3. The maximum absolute atomic E-state index is 12.2. The minimum Gasteiger partial charge on any atom is -0.406 e. The number of carbonyl (C=O) groups excluding carboxylic acids is 1. The Balaban J connectivity index is 1.64. The number of halogens is 3. The molecule has 8 heteroatoms. The maximum Gasteiger partial charge on any atom is 0.573 e. The number of hydrogen-bond acceptors (Lipinski definition) is 4. The zero-order valence-electron chi connectivity index (χ0n) is 13.1. The van der Waals surface area contributed by atoms with Gasteiger partial charge in [-0.3, -0.25) is 4.79 Å². The second-order valence-electron chi connectivity index (χ2n) is 5.90. The fourth-order valence-electron chi connectivity index (χ4n) is 2.95. The lowest BCUT2D eigenvalue weighted by molar-refractivity contribution is -0.274. The van der Waals surface area contributed by atoms with Gasteiger partial charge in [-0.05, 0) is 60.5 Å². The van der Waals surface area contributed by atoms with Crippen molar-refractivity contribution in [1.82, 2.24) is 5.32 Å². The summed E-state index contributed by atoms with van der Waals surface area (Å²) < 4.78 is 40.2. The van der Waals surface area contributed by atoms with Gasteiger partial charge in [-0.2, -0.15) is 0 Å². The molecule has 0 spiro atoms. The average Bonchev–Trinajstić information content (AvgIpc) is 3.02. The van der Waals surface area contributed by atoms with Crippen molar-refractivity contribution in [2.24, 2.45) is 0 Å². The minimum atomic E-state index is -4.77. The molecular formula is C17H16F3NO3S. The highest BCUT2D eigenvalue weighted by Crippen LogP contribution is 2.37. The first-order chi connectivity index (χ1) is 11.8. The summed E-state index contributed by atoms with van der Waals surface area (Å²) in [5.74, 6) is -0.854. The van der Waals surface area contributed by atoms with E-state index in [2.05, 4.69) is 10.1 Å². The molecule has 0 saturated carbocycles. The molecule has 1 aliphatic carbocycles. The largest absolute Gasteiger partial charge is 0.573 e. The zero-order valence-corrected chi connectivity index (χ0v) is 13.9. The molecule has 0 radical (unpaired) electrons. The number of fused-ring (bicyclic) bond motifs is 1.